The smallest absolute Gasteiger partial charge is 0.155 e. The summed E-state index contributed by atoms with van der Waals surface area (Å²) >= 11 is 7.28. The maximum absolute atomic E-state index is 5.88. The topological polar surface area (TPSA) is 61.0 Å². The van der Waals surface area contributed by atoms with Crippen LogP contribution < -0.4 is 10.5 Å². The van der Waals surface area contributed by atoms with Gasteiger partial charge in [-0.05, 0) is 30.7 Å². The van der Waals surface area contributed by atoms with Gasteiger partial charge in [-0.2, -0.15) is 0 Å². The van der Waals surface area contributed by atoms with Crippen molar-refractivity contribution >= 4 is 22.9 Å². The van der Waals surface area contributed by atoms with Crippen LogP contribution in [0.4, 0.5) is 0 Å². The summed E-state index contributed by atoms with van der Waals surface area (Å²) in [6, 6.07) is 7.18. The fourth-order valence-corrected chi connectivity index (χ4v) is 2.29. The lowest BCUT2D eigenvalue weighted by Crippen LogP contribution is -2.07. The molecule has 1 aromatic heterocycles. The molecule has 96 valence electrons. The Morgan fingerprint density at radius 3 is 2.72 bits per heavy atom. The molecule has 0 fully saturated rings. The second-order valence-electron chi connectivity index (χ2n) is 3.79. The average molecular weight is 284 g/mol. The molecule has 0 spiro atoms. The molecule has 18 heavy (non-hydrogen) atoms. The number of halogens is 1. The van der Waals surface area contributed by atoms with Crippen molar-refractivity contribution in [1.82, 2.24) is 10.2 Å². The number of hydrogen-bond donors (Lipinski definition) is 1. The lowest BCUT2D eigenvalue weighted by molar-refractivity contribution is 0.304. The van der Waals surface area contributed by atoms with Gasteiger partial charge in [0.2, 0.25) is 0 Å². The van der Waals surface area contributed by atoms with E-state index in [0.717, 1.165) is 22.2 Å². The molecule has 6 heteroatoms. The van der Waals surface area contributed by atoms with E-state index in [9.17, 15) is 0 Å². The van der Waals surface area contributed by atoms with Crippen molar-refractivity contribution in [2.75, 3.05) is 0 Å². The molecule has 2 aromatic rings. The minimum Gasteiger partial charge on any atom is -0.486 e. The zero-order chi connectivity index (χ0) is 13.0. The molecule has 0 aliphatic carbocycles. The third-order valence-electron chi connectivity index (χ3n) is 2.42. The second kappa shape index (κ2) is 6.13. The normalized spacial score (nSPS) is 12.4. The molecule has 1 atom stereocenters. The van der Waals surface area contributed by atoms with Crippen molar-refractivity contribution in [3.8, 4) is 5.75 Å². The number of aromatic nitrogens is 2. The molecule has 0 radical (unpaired) electrons. The van der Waals surface area contributed by atoms with Crippen LogP contribution in [-0.4, -0.2) is 10.2 Å². The van der Waals surface area contributed by atoms with Gasteiger partial charge in [-0.3, -0.25) is 0 Å². The summed E-state index contributed by atoms with van der Waals surface area (Å²) in [5.74, 6) is 0.760. The summed E-state index contributed by atoms with van der Waals surface area (Å²) in [4.78, 5) is 0. The van der Waals surface area contributed by atoms with Crippen LogP contribution in [0.2, 0.25) is 5.02 Å². The van der Waals surface area contributed by atoms with Gasteiger partial charge in [-0.1, -0.05) is 29.9 Å². The highest BCUT2D eigenvalue weighted by Gasteiger charge is 2.10. The van der Waals surface area contributed by atoms with Gasteiger partial charge < -0.3 is 10.5 Å². The summed E-state index contributed by atoms with van der Waals surface area (Å²) < 4.78 is 5.58. The number of benzene rings is 1. The average Bonchev–Trinajstić information content (AvgIpc) is 2.86. The third-order valence-corrected chi connectivity index (χ3v) is 3.70. The van der Waals surface area contributed by atoms with E-state index >= 15 is 0 Å². The van der Waals surface area contributed by atoms with Gasteiger partial charge in [-0.25, -0.2) is 0 Å². The van der Waals surface area contributed by atoms with E-state index in [1.165, 1.54) is 11.3 Å². The molecule has 4 nitrogen and oxygen atoms in total. The number of nitrogens with zero attached hydrogens (tertiary/aromatic N) is 2. The predicted molar refractivity (Wildman–Crippen MR) is 72.9 cm³/mol. The van der Waals surface area contributed by atoms with E-state index < -0.39 is 0 Å². The maximum atomic E-state index is 5.88. The number of rotatable bonds is 5. The van der Waals surface area contributed by atoms with E-state index in [4.69, 9.17) is 22.1 Å². The molecule has 0 saturated carbocycles. The van der Waals surface area contributed by atoms with Gasteiger partial charge in [0.25, 0.3) is 0 Å². The molecule has 1 heterocycles. The zero-order valence-electron chi connectivity index (χ0n) is 9.97. The van der Waals surface area contributed by atoms with E-state index in [1.807, 2.05) is 19.1 Å². The Hall–Kier alpha value is -1.17. The van der Waals surface area contributed by atoms with Crippen LogP contribution in [0.5, 0.6) is 5.75 Å². The minimum atomic E-state index is -0.0354. The van der Waals surface area contributed by atoms with Crippen LogP contribution in [0.15, 0.2) is 24.3 Å². The summed E-state index contributed by atoms with van der Waals surface area (Å²) in [5.41, 5.74) is 5.88. The fourth-order valence-electron chi connectivity index (χ4n) is 1.33. The maximum Gasteiger partial charge on any atom is 0.155 e. The molecule has 0 bridgehead atoms. The molecule has 2 N–H and O–H groups in total. The first-order valence-corrected chi connectivity index (χ1v) is 6.84. The van der Waals surface area contributed by atoms with Crippen molar-refractivity contribution < 1.29 is 4.74 Å². The Kier molecular flexibility index (Phi) is 4.52. The first-order valence-electron chi connectivity index (χ1n) is 5.65. The predicted octanol–water partition coefficient (Wildman–Crippen LogP) is 3.18. The fraction of sp³-hybridized carbons (Fsp3) is 0.333. The van der Waals surface area contributed by atoms with Gasteiger partial charge in [0.05, 0.1) is 6.04 Å². The molecule has 0 amide bonds. The lowest BCUT2D eigenvalue weighted by Gasteiger charge is -2.03. The van der Waals surface area contributed by atoms with Crippen molar-refractivity contribution in [3.05, 3.63) is 39.3 Å². The lowest BCUT2D eigenvalue weighted by atomic mass is 10.3. The Morgan fingerprint density at radius 1 is 1.33 bits per heavy atom. The number of nitrogens with two attached hydrogens (primary N) is 1. The van der Waals surface area contributed by atoms with E-state index in [1.54, 1.807) is 12.1 Å². The number of hydrogen-bond acceptors (Lipinski definition) is 5. The van der Waals surface area contributed by atoms with Crippen molar-refractivity contribution in [2.24, 2.45) is 5.73 Å². The molecular weight excluding hydrogens is 270 g/mol. The summed E-state index contributed by atoms with van der Waals surface area (Å²) in [6.45, 7) is 2.42. The highest BCUT2D eigenvalue weighted by Crippen LogP contribution is 2.21. The Balaban J connectivity index is 1.94. The highest BCUT2D eigenvalue weighted by atomic mass is 35.5. The molecule has 1 unspecified atom stereocenters. The van der Waals surface area contributed by atoms with Crippen LogP contribution in [0.25, 0.3) is 0 Å². The Bertz CT molecular complexity index is 500. The van der Waals surface area contributed by atoms with Crippen LogP contribution >= 0.6 is 22.9 Å². The molecule has 0 saturated heterocycles. The quantitative estimate of drug-likeness (QED) is 0.915. The molecular formula is C12H14ClN3OS. The molecule has 0 aliphatic heterocycles. The van der Waals surface area contributed by atoms with Crippen LogP contribution in [0.1, 0.15) is 29.4 Å². The molecule has 1 aromatic carbocycles. The summed E-state index contributed by atoms with van der Waals surface area (Å²) in [5, 5.41) is 10.5. The van der Waals surface area contributed by atoms with Gasteiger partial charge in [0.15, 0.2) is 5.01 Å². The molecule has 2 rings (SSSR count). The zero-order valence-corrected chi connectivity index (χ0v) is 11.5. The minimum absolute atomic E-state index is 0.0354. The van der Waals surface area contributed by atoms with Gasteiger partial charge in [0, 0.05) is 5.02 Å². The van der Waals surface area contributed by atoms with E-state index in [-0.39, 0.29) is 6.04 Å². The van der Waals surface area contributed by atoms with Crippen molar-refractivity contribution in [3.63, 3.8) is 0 Å². The van der Waals surface area contributed by atoms with Gasteiger partial charge in [0.1, 0.15) is 17.4 Å². The first-order chi connectivity index (χ1) is 8.69. The van der Waals surface area contributed by atoms with Crippen LogP contribution in [0, 0.1) is 0 Å². The Labute approximate surface area is 115 Å². The summed E-state index contributed by atoms with van der Waals surface area (Å²) in [6.07, 6.45) is 0.854. The summed E-state index contributed by atoms with van der Waals surface area (Å²) in [7, 11) is 0. The monoisotopic (exact) mass is 283 g/mol. The van der Waals surface area contributed by atoms with E-state index in [0.29, 0.717) is 11.6 Å². The van der Waals surface area contributed by atoms with Gasteiger partial charge >= 0.3 is 0 Å². The highest BCUT2D eigenvalue weighted by molar-refractivity contribution is 7.11. The van der Waals surface area contributed by atoms with Crippen LogP contribution in [0.3, 0.4) is 0 Å². The third kappa shape index (κ3) is 3.41. The van der Waals surface area contributed by atoms with Crippen molar-refractivity contribution in [2.45, 2.75) is 26.0 Å². The second-order valence-corrected chi connectivity index (χ2v) is 5.32. The van der Waals surface area contributed by atoms with Gasteiger partial charge in [-0.15, -0.1) is 10.2 Å². The Morgan fingerprint density at radius 2 is 2.06 bits per heavy atom. The van der Waals surface area contributed by atoms with E-state index in [2.05, 4.69) is 10.2 Å². The molecule has 0 aliphatic rings. The van der Waals surface area contributed by atoms with Crippen molar-refractivity contribution in [1.29, 1.82) is 0 Å². The first kappa shape index (κ1) is 13.3. The standard InChI is InChI=1S/C12H14ClN3OS/c1-2-10(14)12-16-15-11(18-12)7-17-9-5-3-8(13)4-6-9/h3-6,10H,2,7,14H2,1H3. The SMILES string of the molecule is CCC(N)c1nnc(COc2ccc(Cl)cc2)s1. The number of ether oxygens (including phenoxy) is 1. The van der Waals surface area contributed by atoms with Crippen LogP contribution in [-0.2, 0) is 6.61 Å². The largest absolute Gasteiger partial charge is 0.486 e.